The largest absolute Gasteiger partial charge is 0.475 e. The van der Waals surface area contributed by atoms with Gasteiger partial charge in [-0.05, 0) is 0 Å². The van der Waals surface area contributed by atoms with Crippen LogP contribution >= 0.6 is 0 Å². The number of aromatic amines is 1. The van der Waals surface area contributed by atoms with Crippen LogP contribution in [0.25, 0.3) is 0 Å². The van der Waals surface area contributed by atoms with Crippen molar-refractivity contribution in [3.05, 3.63) is 5.82 Å². The van der Waals surface area contributed by atoms with Crippen LogP contribution in [0, 0.1) is 0 Å². The van der Waals surface area contributed by atoms with Crippen LogP contribution in [0.15, 0.2) is 0 Å². The van der Waals surface area contributed by atoms with Gasteiger partial charge < -0.3 is 29.4 Å². The molecule has 148 valence electrons. The second-order valence-electron chi connectivity index (χ2n) is 5.50. The molecular formula is C14H18N4O9. The fraction of sp³-hybridized carbons (Fsp3) is 0.571. The molecule has 3 N–H and O–H groups in total. The van der Waals surface area contributed by atoms with Crippen LogP contribution in [0.5, 0.6) is 0 Å². The molecule has 0 aliphatic carbocycles. The van der Waals surface area contributed by atoms with E-state index in [1.165, 1.54) is 6.92 Å². The van der Waals surface area contributed by atoms with Crippen molar-refractivity contribution < 1.29 is 43.2 Å². The fourth-order valence-corrected chi connectivity index (χ4v) is 2.38. The topological polar surface area (TPSA) is 179 Å². The van der Waals surface area contributed by atoms with E-state index in [4.69, 9.17) is 24.1 Å². The van der Waals surface area contributed by atoms with Gasteiger partial charge in [-0.25, -0.2) is 4.79 Å². The molecule has 1 aromatic rings. The van der Waals surface area contributed by atoms with Crippen LogP contribution < -0.4 is 5.32 Å². The predicted octanol–water partition coefficient (Wildman–Crippen LogP) is -0.934. The Balaban J connectivity index is 2.22. The monoisotopic (exact) mass is 386 g/mol. The van der Waals surface area contributed by atoms with Crippen molar-refractivity contribution in [1.82, 2.24) is 15.2 Å². The first kappa shape index (κ1) is 20.1. The van der Waals surface area contributed by atoms with E-state index in [1.807, 2.05) is 0 Å². The summed E-state index contributed by atoms with van der Waals surface area (Å²) in [5.41, 5.74) is 0. The van der Waals surface area contributed by atoms with Gasteiger partial charge in [0.1, 0.15) is 12.7 Å². The minimum absolute atomic E-state index is 0.149. The number of carbonyl (C=O) groups excluding carboxylic acids is 3. The summed E-state index contributed by atoms with van der Waals surface area (Å²) in [5, 5.41) is 17.4. The molecule has 0 bridgehead atoms. The average Bonchev–Trinajstić information content (AvgIpc) is 3.12. The second kappa shape index (κ2) is 8.44. The number of H-pyrrole nitrogens is 1. The fourth-order valence-electron chi connectivity index (χ4n) is 2.38. The Morgan fingerprint density at radius 1 is 1.11 bits per heavy atom. The minimum Gasteiger partial charge on any atom is -0.475 e. The normalized spacial score (nSPS) is 24.1. The summed E-state index contributed by atoms with van der Waals surface area (Å²) in [6.07, 6.45) is -4.26. The summed E-state index contributed by atoms with van der Waals surface area (Å²) in [6.45, 7) is 3.23. The van der Waals surface area contributed by atoms with Crippen LogP contribution in [0.4, 0.5) is 5.95 Å². The molecule has 13 heteroatoms. The second-order valence-corrected chi connectivity index (χ2v) is 5.50. The molecule has 2 rings (SSSR count). The number of aromatic carboxylic acids is 1. The molecule has 27 heavy (non-hydrogen) atoms. The molecule has 2 heterocycles. The maximum absolute atomic E-state index is 11.4. The molecule has 1 aliphatic heterocycles. The molecule has 13 nitrogen and oxygen atoms in total. The summed E-state index contributed by atoms with van der Waals surface area (Å²) in [6, 6.07) is 0. The van der Waals surface area contributed by atoms with Gasteiger partial charge in [-0.15, -0.1) is 5.10 Å². The maximum atomic E-state index is 11.4. The highest BCUT2D eigenvalue weighted by atomic mass is 16.7. The van der Waals surface area contributed by atoms with E-state index < -0.39 is 54.2 Å². The molecule has 0 aromatic carbocycles. The smallest absolute Gasteiger partial charge is 0.373 e. The standard InChI is InChI=1S/C14H18N4O9/c1-5(19)24-4-8-9(25-6(2)20)10(26-7(3)21)12(27-8)16-14-15-11(13(22)23)17-18-14/h8-10,12H,4H2,1-3H3,(H,22,23)(H2,15,16,17,18)/t8-,9-,10-,12?/m1/s1. The number of ether oxygens (including phenoxy) is 4. The number of nitrogens with one attached hydrogen (secondary N) is 2. The van der Waals surface area contributed by atoms with Gasteiger partial charge in [0.2, 0.25) is 11.8 Å². The van der Waals surface area contributed by atoms with E-state index in [9.17, 15) is 19.2 Å². The zero-order chi connectivity index (χ0) is 20.1. The molecule has 4 atom stereocenters. The Labute approximate surface area is 152 Å². The van der Waals surface area contributed by atoms with Crippen LogP contribution in [-0.4, -0.2) is 75.3 Å². The van der Waals surface area contributed by atoms with Crippen molar-refractivity contribution in [2.75, 3.05) is 11.9 Å². The molecule has 0 amide bonds. The zero-order valence-electron chi connectivity index (χ0n) is 14.6. The van der Waals surface area contributed by atoms with Crippen molar-refractivity contribution in [3.8, 4) is 0 Å². The van der Waals surface area contributed by atoms with Crippen molar-refractivity contribution >= 4 is 29.8 Å². The first-order valence-corrected chi connectivity index (χ1v) is 7.73. The van der Waals surface area contributed by atoms with Gasteiger partial charge in [0.05, 0.1) is 0 Å². The number of aromatic nitrogens is 3. The molecule has 1 aromatic heterocycles. The highest BCUT2D eigenvalue weighted by molar-refractivity contribution is 5.83. The predicted molar refractivity (Wildman–Crippen MR) is 83.4 cm³/mol. The van der Waals surface area contributed by atoms with E-state index >= 15 is 0 Å². The molecule has 1 unspecified atom stereocenters. The number of esters is 3. The van der Waals surface area contributed by atoms with Crippen molar-refractivity contribution in [1.29, 1.82) is 0 Å². The molecule has 0 radical (unpaired) electrons. The van der Waals surface area contributed by atoms with Gasteiger partial charge in [-0.1, -0.05) is 0 Å². The summed E-state index contributed by atoms with van der Waals surface area (Å²) in [5.74, 6) is -3.83. The van der Waals surface area contributed by atoms with Crippen LogP contribution in [0.2, 0.25) is 0 Å². The van der Waals surface area contributed by atoms with Gasteiger partial charge in [-0.3, -0.25) is 19.5 Å². The van der Waals surface area contributed by atoms with Gasteiger partial charge in [0.25, 0.3) is 0 Å². The summed E-state index contributed by atoms with van der Waals surface area (Å²) < 4.78 is 20.9. The lowest BCUT2D eigenvalue weighted by molar-refractivity contribution is -0.165. The molecular weight excluding hydrogens is 368 g/mol. The van der Waals surface area contributed by atoms with E-state index in [1.54, 1.807) is 0 Å². The Bertz CT molecular complexity index is 734. The Hall–Kier alpha value is -3.22. The highest BCUT2D eigenvalue weighted by Gasteiger charge is 2.50. The first-order chi connectivity index (χ1) is 12.7. The van der Waals surface area contributed by atoms with Crippen LogP contribution in [-0.2, 0) is 33.3 Å². The number of carboxylic acid groups (broad SMARTS) is 1. The Kier molecular flexibility index (Phi) is 6.28. The SMILES string of the molecule is CC(=O)OC[C@H]1OC(Nc2n[nH]c(C(=O)O)n2)[C@H](OC(C)=O)[C@@H]1OC(C)=O. The lowest BCUT2D eigenvalue weighted by Gasteiger charge is -2.23. The molecule has 1 fully saturated rings. The summed E-state index contributed by atoms with van der Waals surface area (Å²) in [7, 11) is 0. The van der Waals surface area contributed by atoms with Crippen molar-refractivity contribution in [2.45, 2.75) is 45.3 Å². The maximum Gasteiger partial charge on any atom is 0.373 e. The Morgan fingerprint density at radius 3 is 2.26 bits per heavy atom. The Morgan fingerprint density at radius 2 is 1.74 bits per heavy atom. The molecule has 1 saturated heterocycles. The third kappa shape index (κ3) is 5.37. The van der Waals surface area contributed by atoms with E-state index in [-0.39, 0.29) is 12.6 Å². The third-order valence-corrected chi connectivity index (χ3v) is 3.32. The summed E-state index contributed by atoms with van der Waals surface area (Å²) in [4.78, 5) is 48.5. The lowest BCUT2D eigenvalue weighted by Crippen LogP contribution is -2.43. The highest BCUT2D eigenvalue weighted by Crippen LogP contribution is 2.28. The quantitative estimate of drug-likeness (QED) is 0.387. The third-order valence-electron chi connectivity index (χ3n) is 3.32. The van der Waals surface area contributed by atoms with E-state index in [2.05, 4.69) is 20.5 Å². The molecule has 1 aliphatic rings. The number of anilines is 1. The van der Waals surface area contributed by atoms with Crippen LogP contribution in [0.1, 0.15) is 31.4 Å². The molecule has 0 spiro atoms. The number of hydrogen-bond acceptors (Lipinski definition) is 11. The number of hydrogen-bond donors (Lipinski definition) is 3. The van der Waals surface area contributed by atoms with Crippen molar-refractivity contribution in [3.63, 3.8) is 0 Å². The van der Waals surface area contributed by atoms with Gasteiger partial charge in [-0.2, -0.15) is 4.98 Å². The molecule has 0 saturated carbocycles. The summed E-state index contributed by atoms with van der Waals surface area (Å²) >= 11 is 0. The lowest BCUT2D eigenvalue weighted by atomic mass is 10.1. The number of carboxylic acids is 1. The van der Waals surface area contributed by atoms with Gasteiger partial charge in [0, 0.05) is 20.8 Å². The number of rotatable bonds is 7. The average molecular weight is 386 g/mol. The zero-order valence-corrected chi connectivity index (χ0v) is 14.6. The van der Waals surface area contributed by atoms with E-state index in [0.717, 1.165) is 13.8 Å². The first-order valence-electron chi connectivity index (χ1n) is 7.73. The number of carbonyl (C=O) groups is 4. The van der Waals surface area contributed by atoms with Crippen LogP contribution in [0.3, 0.4) is 0 Å². The van der Waals surface area contributed by atoms with E-state index in [0.29, 0.717) is 0 Å². The minimum atomic E-state index is -1.33. The van der Waals surface area contributed by atoms with Gasteiger partial charge in [0.15, 0.2) is 18.4 Å². The van der Waals surface area contributed by atoms with Crippen molar-refractivity contribution in [2.24, 2.45) is 0 Å². The van der Waals surface area contributed by atoms with Gasteiger partial charge >= 0.3 is 23.9 Å². The number of nitrogens with zero attached hydrogens (tertiary/aromatic N) is 2.